The van der Waals surface area contributed by atoms with Crippen molar-refractivity contribution in [3.05, 3.63) is 40.9 Å². The highest BCUT2D eigenvalue weighted by molar-refractivity contribution is 5.78. The molecule has 1 fully saturated rings. The van der Waals surface area contributed by atoms with Gasteiger partial charge in [-0.15, -0.1) is 0 Å². The van der Waals surface area contributed by atoms with Crippen molar-refractivity contribution >= 4 is 5.91 Å². The largest absolute Gasteiger partial charge is 0.463 e. The molecule has 2 aromatic rings. The minimum absolute atomic E-state index is 0.0304. The molecular formula is C17H22N4O3. The van der Waals surface area contributed by atoms with Gasteiger partial charge in [-0.05, 0) is 44.6 Å². The third-order valence-electron chi connectivity index (χ3n) is 4.26. The Bertz CT molecular complexity index is 739. The van der Waals surface area contributed by atoms with E-state index in [9.17, 15) is 9.59 Å². The zero-order valence-corrected chi connectivity index (χ0v) is 13.8. The number of likely N-dealkylation sites (tertiary alicyclic amines) is 1. The van der Waals surface area contributed by atoms with Crippen LogP contribution in [-0.2, 0) is 11.3 Å². The Labute approximate surface area is 140 Å². The molecule has 0 bridgehead atoms. The molecule has 0 aromatic carbocycles. The molecule has 0 saturated carbocycles. The van der Waals surface area contributed by atoms with Gasteiger partial charge in [-0.1, -0.05) is 0 Å². The summed E-state index contributed by atoms with van der Waals surface area (Å²) in [6.45, 7) is 2.55. The Morgan fingerprint density at radius 3 is 3.04 bits per heavy atom. The molecule has 7 heteroatoms. The fourth-order valence-corrected chi connectivity index (χ4v) is 2.97. The van der Waals surface area contributed by atoms with Gasteiger partial charge in [-0.3, -0.25) is 9.59 Å². The predicted molar refractivity (Wildman–Crippen MR) is 89.4 cm³/mol. The summed E-state index contributed by atoms with van der Waals surface area (Å²) in [5.41, 5.74) is 0.400. The first-order valence-corrected chi connectivity index (χ1v) is 8.22. The third kappa shape index (κ3) is 3.91. The molecule has 24 heavy (non-hydrogen) atoms. The van der Waals surface area contributed by atoms with Crippen LogP contribution in [-0.4, -0.2) is 47.3 Å². The van der Waals surface area contributed by atoms with Crippen LogP contribution in [0.15, 0.2) is 39.7 Å². The van der Waals surface area contributed by atoms with Gasteiger partial charge >= 0.3 is 0 Å². The molecule has 1 unspecified atom stereocenters. The maximum absolute atomic E-state index is 12.2. The van der Waals surface area contributed by atoms with Crippen LogP contribution in [0.5, 0.6) is 0 Å². The number of rotatable bonds is 5. The van der Waals surface area contributed by atoms with Crippen molar-refractivity contribution in [1.82, 2.24) is 20.0 Å². The van der Waals surface area contributed by atoms with Gasteiger partial charge in [0.15, 0.2) is 5.76 Å². The van der Waals surface area contributed by atoms with Crippen LogP contribution in [0.1, 0.15) is 12.8 Å². The molecule has 0 spiro atoms. The minimum atomic E-state index is -0.197. The van der Waals surface area contributed by atoms with Gasteiger partial charge in [-0.25, -0.2) is 4.68 Å². The van der Waals surface area contributed by atoms with E-state index < -0.39 is 0 Å². The SMILES string of the molecule is CN1CCCC(C(=O)NCCn2nc(-c3ccco3)ccc2=O)C1. The second kappa shape index (κ2) is 7.44. The van der Waals surface area contributed by atoms with Crippen molar-refractivity contribution in [3.8, 4) is 11.5 Å². The average Bonchev–Trinajstić information content (AvgIpc) is 3.11. The van der Waals surface area contributed by atoms with Crippen LogP contribution < -0.4 is 10.9 Å². The van der Waals surface area contributed by atoms with Gasteiger partial charge in [0.1, 0.15) is 5.69 Å². The van der Waals surface area contributed by atoms with Gasteiger partial charge in [0.25, 0.3) is 5.56 Å². The fraction of sp³-hybridized carbons (Fsp3) is 0.471. The van der Waals surface area contributed by atoms with Crippen molar-refractivity contribution in [2.24, 2.45) is 5.92 Å². The first-order chi connectivity index (χ1) is 11.6. The number of carbonyl (C=O) groups excluding carboxylic acids is 1. The monoisotopic (exact) mass is 330 g/mol. The summed E-state index contributed by atoms with van der Waals surface area (Å²) in [5, 5.41) is 7.20. The van der Waals surface area contributed by atoms with E-state index in [2.05, 4.69) is 15.3 Å². The van der Waals surface area contributed by atoms with Crippen molar-refractivity contribution in [1.29, 1.82) is 0 Å². The summed E-state index contributed by atoms with van der Waals surface area (Å²) in [4.78, 5) is 26.3. The van der Waals surface area contributed by atoms with Crippen LogP contribution in [0.4, 0.5) is 0 Å². The van der Waals surface area contributed by atoms with Crippen LogP contribution >= 0.6 is 0 Å². The summed E-state index contributed by atoms with van der Waals surface area (Å²) in [5.74, 6) is 0.692. The lowest BCUT2D eigenvalue weighted by Crippen LogP contribution is -2.42. The normalized spacial score (nSPS) is 18.5. The number of nitrogens with one attached hydrogen (secondary N) is 1. The Morgan fingerprint density at radius 1 is 1.42 bits per heavy atom. The van der Waals surface area contributed by atoms with Crippen LogP contribution in [0, 0.1) is 5.92 Å². The van der Waals surface area contributed by atoms with E-state index in [1.54, 1.807) is 24.5 Å². The van der Waals surface area contributed by atoms with Crippen LogP contribution in [0.2, 0.25) is 0 Å². The highest BCUT2D eigenvalue weighted by Gasteiger charge is 2.23. The Hall–Kier alpha value is -2.41. The number of piperidine rings is 1. The van der Waals surface area contributed by atoms with E-state index in [-0.39, 0.29) is 17.4 Å². The molecule has 3 rings (SSSR count). The van der Waals surface area contributed by atoms with Crippen LogP contribution in [0.3, 0.4) is 0 Å². The van der Waals surface area contributed by atoms with Gasteiger partial charge in [0, 0.05) is 19.2 Å². The highest BCUT2D eigenvalue weighted by Crippen LogP contribution is 2.15. The summed E-state index contributed by atoms with van der Waals surface area (Å²) >= 11 is 0. The molecule has 7 nitrogen and oxygen atoms in total. The predicted octanol–water partition coefficient (Wildman–Crippen LogP) is 0.961. The van der Waals surface area contributed by atoms with E-state index >= 15 is 0 Å². The Balaban J connectivity index is 1.57. The van der Waals surface area contributed by atoms with Gasteiger partial charge in [-0.2, -0.15) is 5.10 Å². The van der Waals surface area contributed by atoms with Crippen LogP contribution in [0.25, 0.3) is 11.5 Å². The van der Waals surface area contributed by atoms with Crippen molar-refractivity contribution in [2.75, 3.05) is 26.7 Å². The first-order valence-electron chi connectivity index (χ1n) is 8.22. The number of carbonyl (C=O) groups is 1. The van der Waals surface area contributed by atoms with E-state index in [1.165, 1.54) is 10.7 Å². The molecule has 1 saturated heterocycles. The zero-order valence-electron chi connectivity index (χ0n) is 13.8. The zero-order chi connectivity index (χ0) is 16.9. The molecule has 1 atom stereocenters. The van der Waals surface area contributed by atoms with Crippen molar-refractivity contribution in [3.63, 3.8) is 0 Å². The molecule has 1 amide bonds. The number of hydrogen-bond acceptors (Lipinski definition) is 5. The molecule has 128 valence electrons. The second-order valence-corrected chi connectivity index (χ2v) is 6.15. The van der Waals surface area contributed by atoms with E-state index in [0.717, 1.165) is 25.9 Å². The molecule has 2 aromatic heterocycles. The number of amides is 1. The molecule has 1 aliphatic rings. The number of hydrogen-bond donors (Lipinski definition) is 1. The maximum atomic E-state index is 12.2. The number of aromatic nitrogens is 2. The number of furan rings is 1. The lowest BCUT2D eigenvalue weighted by molar-refractivity contribution is -0.126. The first kappa shape index (κ1) is 16.4. The lowest BCUT2D eigenvalue weighted by Gasteiger charge is -2.28. The molecule has 1 aliphatic heterocycles. The third-order valence-corrected chi connectivity index (χ3v) is 4.26. The highest BCUT2D eigenvalue weighted by atomic mass is 16.3. The Kier molecular flexibility index (Phi) is 5.10. The van der Waals surface area contributed by atoms with E-state index in [1.807, 2.05) is 7.05 Å². The molecule has 3 heterocycles. The topological polar surface area (TPSA) is 80.4 Å². The van der Waals surface area contributed by atoms with E-state index in [0.29, 0.717) is 24.5 Å². The van der Waals surface area contributed by atoms with Gasteiger partial charge < -0.3 is 14.6 Å². The lowest BCUT2D eigenvalue weighted by atomic mass is 9.98. The van der Waals surface area contributed by atoms with Gasteiger partial charge in [0.2, 0.25) is 5.91 Å². The van der Waals surface area contributed by atoms with Gasteiger partial charge in [0.05, 0.1) is 18.7 Å². The molecule has 0 radical (unpaired) electrons. The minimum Gasteiger partial charge on any atom is -0.463 e. The summed E-state index contributed by atoms with van der Waals surface area (Å²) < 4.78 is 6.65. The molecule has 0 aliphatic carbocycles. The molecule has 1 N–H and O–H groups in total. The maximum Gasteiger partial charge on any atom is 0.266 e. The molecular weight excluding hydrogens is 308 g/mol. The van der Waals surface area contributed by atoms with E-state index in [4.69, 9.17) is 4.42 Å². The second-order valence-electron chi connectivity index (χ2n) is 6.15. The standard InChI is InChI=1S/C17H22N4O3/c1-20-9-2-4-13(12-20)17(23)18-8-10-21-16(22)7-6-14(19-21)15-5-3-11-24-15/h3,5-7,11,13H,2,4,8-10,12H2,1H3,(H,18,23). The average molecular weight is 330 g/mol. The summed E-state index contributed by atoms with van der Waals surface area (Å²) in [6.07, 6.45) is 3.52. The Morgan fingerprint density at radius 2 is 2.29 bits per heavy atom. The summed E-state index contributed by atoms with van der Waals surface area (Å²) in [7, 11) is 2.03. The quantitative estimate of drug-likeness (QED) is 0.883. The fourth-order valence-electron chi connectivity index (χ4n) is 2.97. The van der Waals surface area contributed by atoms with Crippen molar-refractivity contribution < 1.29 is 9.21 Å². The smallest absolute Gasteiger partial charge is 0.266 e. The number of nitrogens with zero attached hydrogens (tertiary/aromatic N) is 3. The van der Waals surface area contributed by atoms with Crippen molar-refractivity contribution in [2.45, 2.75) is 19.4 Å². The summed E-state index contributed by atoms with van der Waals surface area (Å²) in [6, 6.07) is 6.66.